The van der Waals surface area contributed by atoms with E-state index in [0.717, 1.165) is 39.8 Å². The molecule has 0 aliphatic carbocycles. The van der Waals surface area contributed by atoms with Gasteiger partial charge in [0.1, 0.15) is 0 Å². The van der Waals surface area contributed by atoms with Crippen LogP contribution in [0.25, 0.3) is 0 Å². The van der Waals surface area contributed by atoms with Gasteiger partial charge in [-0.15, -0.1) is 5.10 Å². The fraction of sp³-hybridized carbons (Fsp3) is 0.385. The Morgan fingerprint density at radius 1 is 1.16 bits per heavy atom. The first-order valence-electron chi connectivity index (χ1n) is 6.19. The Morgan fingerprint density at radius 3 is 2.68 bits per heavy atom. The van der Waals surface area contributed by atoms with Crippen molar-refractivity contribution in [3.8, 4) is 0 Å². The summed E-state index contributed by atoms with van der Waals surface area (Å²) in [7, 11) is 0. The van der Waals surface area contributed by atoms with E-state index < -0.39 is 0 Å². The van der Waals surface area contributed by atoms with Crippen LogP contribution in [-0.2, 0) is 0 Å². The first-order valence-corrected chi connectivity index (χ1v) is 9.12. The minimum absolute atomic E-state index is 0.902. The summed E-state index contributed by atoms with van der Waals surface area (Å²) in [6.07, 6.45) is 0. The van der Waals surface area contributed by atoms with Crippen molar-refractivity contribution in [3.05, 3.63) is 34.3 Å². The van der Waals surface area contributed by atoms with Crippen LogP contribution in [0.2, 0.25) is 0 Å². The van der Waals surface area contributed by atoms with Crippen molar-refractivity contribution in [3.63, 3.8) is 0 Å². The van der Waals surface area contributed by atoms with E-state index in [2.05, 4.69) is 43.2 Å². The van der Waals surface area contributed by atoms with Gasteiger partial charge in [0, 0.05) is 34.8 Å². The third-order valence-electron chi connectivity index (χ3n) is 3.03. The minimum Gasteiger partial charge on any atom is -0.348 e. The third kappa shape index (κ3) is 3.35. The van der Waals surface area contributed by atoms with Crippen LogP contribution in [-0.4, -0.2) is 46.1 Å². The molecular formula is C13H14BrN3S2. The van der Waals surface area contributed by atoms with Crippen LogP contribution < -0.4 is 0 Å². The Bertz CT molecular complexity index is 524. The monoisotopic (exact) mass is 355 g/mol. The summed E-state index contributed by atoms with van der Waals surface area (Å²) >= 11 is 7.31. The van der Waals surface area contributed by atoms with Crippen LogP contribution in [0.15, 0.2) is 38.9 Å². The molecule has 0 saturated carbocycles. The van der Waals surface area contributed by atoms with Crippen molar-refractivity contribution in [1.82, 2.24) is 4.90 Å². The van der Waals surface area contributed by atoms with Gasteiger partial charge < -0.3 is 4.90 Å². The topological polar surface area (TPSA) is 28.0 Å². The molecule has 1 saturated heterocycles. The minimum atomic E-state index is 0.902. The lowest BCUT2D eigenvalue weighted by atomic mass is 10.1. The van der Waals surface area contributed by atoms with Crippen molar-refractivity contribution in [2.24, 2.45) is 10.2 Å². The van der Waals surface area contributed by atoms with Gasteiger partial charge in [0.05, 0.1) is 5.71 Å². The van der Waals surface area contributed by atoms with Gasteiger partial charge in [-0.25, -0.2) is 0 Å². The molecular weight excluding hydrogens is 342 g/mol. The molecule has 2 heterocycles. The van der Waals surface area contributed by atoms with Crippen molar-refractivity contribution >= 4 is 50.3 Å². The highest BCUT2D eigenvalue weighted by atomic mass is 79.9. The molecule has 1 aromatic carbocycles. The SMILES string of the molecule is Brc1cccc(C2=NN=C(N3CCSCC3)SC2)c1. The summed E-state index contributed by atoms with van der Waals surface area (Å²) < 4.78 is 1.08. The van der Waals surface area contributed by atoms with E-state index in [1.165, 1.54) is 11.5 Å². The van der Waals surface area contributed by atoms with Crippen LogP contribution in [0.5, 0.6) is 0 Å². The summed E-state index contributed by atoms with van der Waals surface area (Å²) in [6.45, 7) is 2.19. The van der Waals surface area contributed by atoms with E-state index in [9.17, 15) is 0 Å². The second-order valence-corrected chi connectivity index (χ2v) is 7.41. The quantitative estimate of drug-likeness (QED) is 0.773. The molecule has 0 aromatic heterocycles. The predicted molar refractivity (Wildman–Crippen MR) is 89.5 cm³/mol. The summed E-state index contributed by atoms with van der Waals surface area (Å²) in [4.78, 5) is 2.35. The van der Waals surface area contributed by atoms with Crippen LogP contribution in [0.4, 0.5) is 0 Å². The first kappa shape index (κ1) is 13.5. The average molecular weight is 356 g/mol. The Balaban J connectivity index is 1.76. The van der Waals surface area contributed by atoms with Crippen LogP contribution >= 0.6 is 39.5 Å². The van der Waals surface area contributed by atoms with E-state index in [1.54, 1.807) is 11.8 Å². The molecule has 19 heavy (non-hydrogen) atoms. The molecule has 0 amide bonds. The maximum Gasteiger partial charge on any atom is 0.186 e. The predicted octanol–water partition coefficient (Wildman–Crippen LogP) is 3.30. The Morgan fingerprint density at radius 2 is 2.00 bits per heavy atom. The molecule has 0 bridgehead atoms. The molecule has 0 atom stereocenters. The number of hydrogen-bond acceptors (Lipinski definition) is 5. The van der Waals surface area contributed by atoms with E-state index in [-0.39, 0.29) is 0 Å². The molecule has 2 aliphatic heterocycles. The van der Waals surface area contributed by atoms with Gasteiger partial charge in [0.15, 0.2) is 5.17 Å². The molecule has 0 spiro atoms. The molecule has 0 N–H and O–H groups in total. The Labute approximate surface area is 130 Å². The summed E-state index contributed by atoms with van der Waals surface area (Å²) in [5.41, 5.74) is 2.21. The Kier molecular flexibility index (Phi) is 4.50. The maximum atomic E-state index is 4.41. The fourth-order valence-corrected chi connectivity index (χ4v) is 4.27. The standard InChI is InChI=1S/C13H14BrN3S2/c14-11-3-1-2-10(8-11)12-9-19-13(16-15-12)17-4-6-18-7-5-17/h1-3,8H,4-7,9H2. The van der Waals surface area contributed by atoms with Gasteiger partial charge in [-0.2, -0.15) is 16.9 Å². The van der Waals surface area contributed by atoms with Gasteiger partial charge in [-0.3, -0.25) is 0 Å². The molecule has 0 unspecified atom stereocenters. The number of benzene rings is 1. The highest BCUT2D eigenvalue weighted by Gasteiger charge is 2.19. The fourth-order valence-electron chi connectivity index (χ4n) is 2.01. The molecule has 1 aromatic rings. The zero-order valence-corrected chi connectivity index (χ0v) is 13.6. The Hall–Kier alpha value is -0.460. The second-order valence-electron chi connectivity index (χ2n) is 4.33. The average Bonchev–Trinajstić information content (AvgIpc) is 2.48. The summed E-state index contributed by atoms with van der Waals surface area (Å²) in [5, 5.41) is 9.90. The molecule has 0 radical (unpaired) electrons. The molecule has 3 nitrogen and oxygen atoms in total. The maximum absolute atomic E-state index is 4.41. The number of halogens is 1. The number of hydrogen-bond donors (Lipinski definition) is 0. The zero-order valence-electron chi connectivity index (χ0n) is 10.4. The van der Waals surface area contributed by atoms with Crippen molar-refractivity contribution < 1.29 is 0 Å². The lowest BCUT2D eigenvalue weighted by Crippen LogP contribution is -2.37. The molecule has 1 fully saturated rings. The van der Waals surface area contributed by atoms with Gasteiger partial charge in [-0.1, -0.05) is 39.8 Å². The van der Waals surface area contributed by atoms with Gasteiger partial charge in [0.25, 0.3) is 0 Å². The van der Waals surface area contributed by atoms with Gasteiger partial charge >= 0.3 is 0 Å². The van der Waals surface area contributed by atoms with Crippen molar-refractivity contribution in [2.45, 2.75) is 0 Å². The van der Waals surface area contributed by atoms with Crippen LogP contribution in [0, 0.1) is 0 Å². The van der Waals surface area contributed by atoms with Gasteiger partial charge in [0.2, 0.25) is 0 Å². The van der Waals surface area contributed by atoms with Crippen LogP contribution in [0.3, 0.4) is 0 Å². The zero-order chi connectivity index (χ0) is 13.1. The molecule has 3 rings (SSSR count). The second kappa shape index (κ2) is 6.33. The van der Waals surface area contributed by atoms with Gasteiger partial charge in [-0.05, 0) is 17.7 Å². The third-order valence-corrected chi connectivity index (χ3v) is 5.49. The number of rotatable bonds is 1. The highest BCUT2D eigenvalue weighted by Crippen LogP contribution is 2.22. The molecule has 2 aliphatic rings. The van der Waals surface area contributed by atoms with E-state index in [0.29, 0.717) is 0 Å². The lowest BCUT2D eigenvalue weighted by molar-refractivity contribution is 0.470. The van der Waals surface area contributed by atoms with Crippen molar-refractivity contribution in [2.75, 3.05) is 30.3 Å². The first-order chi connectivity index (χ1) is 9.33. The number of thioether (sulfide) groups is 2. The van der Waals surface area contributed by atoms with E-state index >= 15 is 0 Å². The van der Waals surface area contributed by atoms with Crippen molar-refractivity contribution in [1.29, 1.82) is 0 Å². The summed E-state index contributed by atoms with van der Waals surface area (Å²) in [5.74, 6) is 3.29. The smallest absolute Gasteiger partial charge is 0.186 e. The van der Waals surface area contributed by atoms with E-state index in [1.807, 2.05) is 23.9 Å². The van der Waals surface area contributed by atoms with Crippen LogP contribution in [0.1, 0.15) is 5.56 Å². The molecule has 6 heteroatoms. The van der Waals surface area contributed by atoms with E-state index in [4.69, 9.17) is 0 Å². The normalized spacial score (nSPS) is 19.9. The number of amidine groups is 1. The number of nitrogens with zero attached hydrogens (tertiary/aromatic N) is 3. The highest BCUT2D eigenvalue weighted by molar-refractivity contribution is 9.10. The summed E-state index contributed by atoms with van der Waals surface area (Å²) in [6, 6.07) is 8.24. The lowest BCUT2D eigenvalue weighted by Gasteiger charge is -2.29. The largest absolute Gasteiger partial charge is 0.348 e. The molecule has 100 valence electrons.